The number of rotatable bonds is 10. The summed E-state index contributed by atoms with van der Waals surface area (Å²) in [6.45, 7) is 2.17. The molecule has 0 atom stereocenters. The van der Waals surface area contributed by atoms with Crippen molar-refractivity contribution in [2.45, 2.75) is 32.9 Å². The van der Waals surface area contributed by atoms with E-state index in [9.17, 15) is 13.6 Å². The third-order valence-corrected chi connectivity index (χ3v) is 5.80. The van der Waals surface area contributed by atoms with Crippen molar-refractivity contribution in [3.8, 4) is 22.6 Å². The normalized spacial score (nSPS) is 11.2. The number of hydrogen-bond donors (Lipinski definition) is 1. The molecule has 0 amide bonds. The van der Waals surface area contributed by atoms with Crippen molar-refractivity contribution in [1.29, 1.82) is 0 Å². The molecule has 0 aliphatic carbocycles. The van der Waals surface area contributed by atoms with E-state index in [1.165, 1.54) is 7.11 Å². The van der Waals surface area contributed by atoms with Gasteiger partial charge in [0.05, 0.1) is 20.1 Å². The molecule has 2 N–H and O–H groups in total. The van der Waals surface area contributed by atoms with Crippen LogP contribution in [-0.4, -0.2) is 19.7 Å². The van der Waals surface area contributed by atoms with Gasteiger partial charge < -0.3 is 24.4 Å². The lowest BCUT2D eigenvalue weighted by atomic mass is 10.0. The number of ether oxygens (including phenoxy) is 3. The van der Waals surface area contributed by atoms with Gasteiger partial charge in [-0.1, -0.05) is 30.3 Å². The van der Waals surface area contributed by atoms with E-state index >= 15 is 0 Å². The highest BCUT2D eigenvalue weighted by atomic mass is 19.3. The van der Waals surface area contributed by atoms with Crippen LogP contribution in [0.4, 0.5) is 8.78 Å². The average Bonchev–Trinajstić information content (AvgIpc) is 3.26. The molecule has 0 saturated carbocycles. The van der Waals surface area contributed by atoms with Crippen LogP contribution in [0.15, 0.2) is 65.1 Å². The molecule has 36 heavy (non-hydrogen) atoms. The van der Waals surface area contributed by atoms with Crippen LogP contribution in [-0.2, 0) is 29.1 Å². The van der Waals surface area contributed by atoms with Crippen LogP contribution in [0.2, 0.25) is 0 Å². The fraction of sp³-hybridized carbons (Fsp3) is 0.250. The second-order valence-corrected chi connectivity index (χ2v) is 8.11. The van der Waals surface area contributed by atoms with Crippen molar-refractivity contribution in [3.63, 3.8) is 0 Å². The van der Waals surface area contributed by atoms with E-state index in [1.807, 2.05) is 36.4 Å². The van der Waals surface area contributed by atoms with Crippen LogP contribution >= 0.6 is 0 Å². The highest BCUT2D eigenvalue weighted by Gasteiger charge is 2.23. The second kappa shape index (κ2) is 11.2. The minimum absolute atomic E-state index is 0.0252. The van der Waals surface area contributed by atoms with Crippen molar-refractivity contribution >= 4 is 16.9 Å². The minimum Gasteiger partial charge on any atom is -0.497 e. The molecule has 0 unspecified atom stereocenters. The van der Waals surface area contributed by atoms with Gasteiger partial charge in [0.15, 0.2) is 5.76 Å². The summed E-state index contributed by atoms with van der Waals surface area (Å²) in [7, 11) is 1.50. The molecule has 6 nitrogen and oxygen atoms in total. The molecule has 0 fully saturated rings. The largest absolute Gasteiger partial charge is 0.497 e. The third-order valence-electron chi connectivity index (χ3n) is 5.80. The molecule has 4 aromatic rings. The van der Waals surface area contributed by atoms with Crippen molar-refractivity contribution in [2.75, 3.05) is 13.7 Å². The van der Waals surface area contributed by atoms with Gasteiger partial charge in [0, 0.05) is 29.1 Å². The Balaban J connectivity index is 1.71. The molecule has 0 bridgehead atoms. The molecule has 0 aliphatic rings. The molecule has 0 saturated heterocycles. The molecular weight excluding hydrogens is 468 g/mol. The monoisotopic (exact) mass is 495 g/mol. The number of nitrogens with two attached hydrogens (primary N) is 1. The van der Waals surface area contributed by atoms with E-state index in [2.05, 4.69) is 0 Å². The van der Waals surface area contributed by atoms with Gasteiger partial charge in [-0.25, -0.2) is 8.78 Å². The Bertz CT molecular complexity index is 1370. The van der Waals surface area contributed by atoms with Crippen LogP contribution in [0.5, 0.6) is 11.5 Å². The predicted molar refractivity (Wildman–Crippen MR) is 132 cm³/mol. The van der Waals surface area contributed by atoms with Gasteiger partial charge in [-0.05, 0) is 47.9 Å². The maximum atomic E-state index is 13.9. The summed E-state index contributed by atoms with van der Waals surface area (Å²) >= 11 is 0. The maximum absolute atomic E-state index is 13.9. The lowest BCUT2D eigenvalue weighted by Gasteiger charge is -2.13. The topological polar surface area (TPSA) is 83.9 Å². The lowest BCUT2D eigenvalue weighted by molar-refractivity contribution is -0.142. The number of alkyl halides is 2. The number of carbonyl (C=O) groups is 1. The van der Waals surface area contributed by atoms with Gasteiger partial charge in [0.1, 0.15) is 23.7 Å². The lowest BCUT2D eigenvalue weighted by Crippen LogP contribution is -2.09. The van der Waals surface area contributed by atoms with Gasteiger partial charge in [-0.15, -0.1) is 0 Å². The predicted octanol–water partition coefficient (Wildman–Crippen LogP) is 6.19. The first-order chi connectivity index (χ1) is 17.4. The van der Waals surface area contributed by atoms with Crippen LogP contribution < -0.4 is 15.2 Å². The quantitative estimate of drug-likeness (QED) is 0.264. The van der Waals surface area contributed by atoms with Crippen molar-refractivity contribution in [2.24, 2.45) is 5.73 Å². The van der Waals surface area contributed by atoms with Crippen LogP contribution in [0, 0.1) is 0 Å². The van der Waals surface area contributed by atoms with Crippen molar-refractivity contribution in [1.82, 2.24) is 0 Å². The number of furan rings is 1. The summed E-state index contributed by atoms with van der Waals surface area (Å²) < 4.78 is 49.7. The fourth-order valence-electron chi connectivity index (χ4n) is 4.01. The molecule has 8 heteroatoms. The first-order valence-electron chi connectivity index (χ1n) is 11.5. The molecule has 4 rings (SSSR count). The number of fused-ring (bicyclic) bond motifs is 1. The Morgan fingerprint density at radius 1 is 1.06 bits per heavy atom. The molecule has 0 aliphatic heterocycles. The zero-order chi connectivity index (χ0) is 25.7. The third kappa shape index (κ3) is 5.49. The Morgan fingerprint density at radius 3 is 2.58 bits per heavy atom. The summed E-state index contributed by atoms with van der Waals surface area (Å²) in [6, 6.07) is 18.0. The molecule has 188 valence electrons. The van der Waals surface area contributed by atoms with Crippen molar-refractivity contribution in [3.05, 3.63) is 83.1 Å². The van der Waals surface area contributed by atoms with Gasteiger partial charge in [0.2, 0.25) is 0 Å². The molecule has 0 spiro atoms. The zero-order valence-electron chi connectivity index (χ0n) is 20.1. The summed E-state index contributed by atoms with van der Waals surface area (Å²) in [5.74, 6) is -0.0267. The van der Waals surface area contributed by atoms with Crippen LogP contribution in [0.1, 0.15) is 35.8 Å². The average molecular weight is 496 g/mol. The number of halogens is 2. The Morgan fingerprint density at radius 2 is 1.86 bits per heavy atom. The van der Waals surface area contributed by atoms with Gasteiger partial charge in [0.25, 0.3) is 6.43 Å². The minimum atomic E-state index is -2.83. The summed E-state index contributed by atoms with van der Waals surface area (Å²) in [5.41, 5.74) is 9.61. The second-order valence-electron chi connectivity index (χ2n) is 8.11. The molecule has 0 radical (unpaired) electrons. The van der Waals surface area contributed by atoms with Crippen LogP contribution in [0.3, 0.4) is 0 Å². The van der Waals surface area contributed by atoms with Crippen molar-refractivity contribution < 1.29 is 32.2 Å². The van der Waals surface area contributed by atoms with E-state index < -0.39 is 18.2 Å². The van der Waals surface area contributed by atoms with E-state index in [-0.39, 0.29) is 25.2 Å². The standard InChI is InChI=1S/C28H27F2NO5/c1-3-34-26(32)13-20-7-9-21(33-2)14-25(20)35-16-23-22-12-19(18-6-4-5-17(11-18)15-31)8-10-24(22)36-27(23)28(29)30/h4-12,14,28H,3,13,15-16,31H2,1-2H3. The van der Waals surface area contributed by atoms with E-state index in [1.54, 1.807) is 31.2 Å². The molecule has 3 aromatic carbocycles. The zero-order valence-corrected chi connectivity index (χ0v) is 20.1. The van der Waals surface area contributed by atoms with E-state index in [0.29, 0.717) is 34.6 Å². The fourth-order valence-corrected chi connectivity index (χ4v) is 4.01. The maximum Gasteiger partial charge on any atom is 0.310 e. The number of carbonyl (C=O) groups excluding carboxylic acids is 1. The summed E-state index contributed by atoms with van der Waals surface area (Å²) in [6.07, 6.45) is -2.85. The van der Waals surface area contributed by atoms with Gasteiger partial charge in [-0.2, -0.15) is 0 Å². The first-order valence-corrected chi connectivity index (χ1v) is 11.5. The summed E-state index contributed by atoms with van der Waals surface area (Å²) in [4.78, 5) is 12.1. The Hall–Kier alpha value is -3.91. The Labute approximate surface area is 207 Å². The highest BCUT2D eigenvalue weighted by molar-refractivity contribution is 5.87. The van der Waals surface area contributed by atoms with Gasteiger partial charge >= 0.3 is 5.97 Å². The molecule has 1 heterocycles. The van der Waals surface area contributed by atoms with Gasteiger partial charge in [-0.3, -0.25) is 4.79 Å². The van der Waals surface area contributed by atoms with E-state index in [0.717, 1.165) is 16.7 Å². The van der Waals surface area contributed by atoms with Crippen LogP contribution in [0.25, 0.3) is 22.1 Å². The number of esters is 1. The van der Waals surface area contributed by atoms with E-state index in [4.69, 9.17) is 24.4 Å². The smallest absolute Gasteiger partial charge is 0.310 e. The first kappa shape index (κ1) is 25.2. The Kier molecular flexibility index (Phi) is 7.85. The highest BCUT2D eigenvalue weighted by Crippen LogP contribution is 2.37. The number of methoxy groups -OCH3 is 1. The SMILES string of the molecule is CCOC(=O)Cc1ccc(OC)cc1OCc1c(C(F)F)oc2ccc(-c3cccc(CN)c3)cc12. The number of benzene rings is 3. The summed E-state index contributed by atoms with van der Waals surface area (Å²) in [5, 5.41) is 0.524. The number of hydrogen-bond acceptors (Lipinski definition) is 6. The molecular formula is C28H27F2NO5. The molecule has 1 aromatic heterocycles.